The Morgan fingerprint density at radius 1 is 1.29 bits per heavy atom. The highest BCUT2D eigenvalue weighted by atomic mass is 79.9. The van der Waals surface area contributed by atoms with Crippen molar-refractivity contribution in [3.8, 4) is 11.8 Å². The van der Waals surface area contributed by atoms with Gasteiger partial charge >= 0.3 is 0 Å². The van der Waals surface area contributed by atoms with Gasteiger partial charge < -0.3 is 4.74 Å². The van der Waals surface area contributed by atoms with Crippen molar-refractivity contribution < 1.29 is 4.74 Å². The van der Waals surface area contributed by atoms with E-state index in [-0.39, 0.29) is 0 Å². The van der Waals surface area contributed by atoms with Crippen LogP contribution in [-0.2, 0) is 6.61 Å². The first-order valence-corrected chi connectivity index (χ1v) is 5.79. The minimum absolute atomic E-state index is 0.424. The van der Waals surface area contributed by atoms with Crippen LogP contribution in [0.1, 0.15) is 11.1 Å². The third kappa shape index (κ3) is 3.30. The molecule has 84 valence electrons. The molecule has 0 amide bonds. The first kappa shape index (κ1) is 11.6. The van der Waals surface area contributed by atoms with Gasteiger partial charge in [0.15, 0.2) is 0 Å². The summed E-state index contributed by atoms with van der Waals surface area (Å²) in [4.78, 5) is 4.01. The fourth-order valence-electron chi connectivity index (χ4n) is 1.37. The summed E-state index contributed by atoms with van der Waals surface area (Å²) in [5.41, 5.74) is 1.60. The van der Waals surface area contributed by atoms with E-state index in [4.69, 9.17) is 10.00 Å². The fourth-order valence-corrected chi connectivity index (χ4v) is 1.71. The van der Waals surface area contributed by atoms with Gasteiger partial charge in [-0.25, -0.2) is 0 Å². The largest absolute Gasteiger partial charge is 0.487 e. The average Bonchev–Trinajstić information content (AvgIpc) is 2.37. The van der Waals surface area contributed by atoms with E-state index >= 15 is 0 Å². The van der Waals surface area contributed by atoms with E-state index in [0.717, 1.165) is 10.0 Å². The maximum absolute atomic E-state index is 8.78. The zero-order valence-electron chi connectivity index (χ0n) is 8.93. The minimum atomic E-state index is 0.424. The zero-order valence-corrected chi connectivity index (χ0v) is 10.5. The Bertz CT molecular complexity index is 563. The van der Waals surface area contributed by atoms with Crippen LogP contribution in [0.5, 0.6) is 5.75 Å². The number of aromatic nitrogens is 1. The molecule has 3 nitrogen and oxygen atoms in total. The van der Waals surface area contributed by atoms with Gasteiger partial charge in [0.05, 0.1) is 17.8 Å². The number of hydrogen-bond donors (Lipinski definition) is 0. The molecule has 0 atom stereocenters. The van der Waals surface area contributed by atoms with E-state index in [9.17, 15) is 0 Å². The summed E-state index contributed by atoms with van der Waals surface area (Å²) in [5.74, 6) is 0.696. The second kappa shape index (κ2) is 5.46. The van der Waals surface area contributed by atoms with Crippen LogP contribution in [0.25, 0.3) is 0 Å². The molecule has 2 aromatic rings. The summed E-state index contributed by atoms with van der Waals surface area (Å²) >= 11 is 3.33. The van der Waals surface area contributed by atoms with Crippen molar-refractivity contribution in [1.82, 2.24) is 4.98 Å². The number of pyridine rings is 1. The molecule has 0 bridgehead atoms. The number of hydrogen-bond acceptors (Lipinski definition) is 3. The van der Waals surface area contributed by atoms with Crippen LogP contribution in [0.15, 0.2) is 47.2 Å². The van der Waals surface area contributed by atoms with Crippen molar-refractivity contribution in [2.75, 3.05) is 0 Å². The van der Waals surface area contributed by atoms with Gasteiger partial charge in [-0.1, -0.05) is 12.1 Å². The van der Waals surface area contributed by atoms with Crippen molar-refractivity contribution in [1.29, 1.82) is 5.26 Å². The van der Waals surface area contributed by atoms with E-state index in [1.807, 2.05) is 24.3 Å². The second-order valence-corrected chi connectivity index (χ2v) is 4.36. The Hall–Kier alpha value is -1.86. The molecule has 0 saturated carbocycles. The third-order valence-electron chi connectivity index (χ3n) is 2.14. The van der Waals surface area contributed by atoms with Crippen molar-refractivity contribution in [2.24, 2.45) is 0 Å². The molecule has 0 aliphatic rings. The summed E-state index contributed by atoms with van der Waals surface area (Å²) in [6.45, 7) is 0.424. The molecule has 1 heterocycles. The minimum Gasteiger partial charge on any atom is -0.487 e. The topological polar surface area (TPSA) is 45.9 Å². The van der Waals surface area contributed by atoms with Crippen molar-refractivity contribution in [3.63, 3.8) is 0 Å². The van der Waals surface area contributed by atoms with E-state index in [0.29, 0.717) is 17.9 Å². The summed E-state index contributed by atoms with van der Waals surface area (Å²) in [6.07, 6.45) is 3.35. The maximum Gasteiger partial charge on any atom is 0.139 e. The van der Waals surface area contributed by atoms with Crippen LogP contribution < -0.4 is 4.74 Å². The predicted molar refractivity (Wildman–Crippen MR) is 67.4 cm³/mol. The Morgan fingerprint density at radius 3 is 2.94 bits per heavy atom. The highest BCUT2D eigenvalue weighted by molar-refractivity contribution is 9.10. The molecular weight excluding hydrogens is 280 g/mol. The highest BCUT2D eigenvalue weighted by Gasteiger charge is 1.98. The van der Waals surface area contributed by atoms with Gasteiger partial charge in [-0.15, -0.1) is 0 Å². The molecule has 2 rings (SSSR count). The fraction of sp³-hybridized carbons (Fsp3) is 0.0769. The van der Waals surface area contributed by atoms with Crippen LogP contribution >= 0.6 is 15.9 Å². The smallest absolute Gasteiger partial charge is 0.139 e. The molecule has 0 aliphatic carbocycles. The van der Waals surface area contributed by atoms with Gasteiger partial charge in [-0.2, -0.15) is 5.26 Å². The quantitative estimate of drug-likeness (QED) is 0.871. The lowest BCUT2D eigenvalue weighted by molar-refractivity contribution is 0.305. The Labute approximate surface area is 108 Å². The average molecular weight is 289 g/mol. The van der Waals surface area contributed by atoms with Crippen molar-refractivity contribution in [3.05, 3.63) is 58.3 Å². The van der Waals surface area contributed by atoms with E-state index in [2.05, 4.69) is 27.0 Å². The molecule has 1 aromatic heterocycles. The van der Waals surface area contributed by atoms with Crippen LogP contribution in [0, 0.1) is 11.3 Å². The standard InChI is InChI=1S/C13H9BrN2O/c14-12-5-13(8-16-7-12)17-9-11-3-1-2-10(4-11)6-15/h1-5,7-8H,9H2. The Morgan fingerprint density at radius 2 is 2.18 bits per heavy atom. The molecule has 0 aliphatic heterocycles. The summed E-state index contributed by atoms with van der Waals surface area (Å²) in [5, 5.41) is 8.78. The van der Waals surface area contributed by atoms with E-state index in [1.165, 1.54) is 0 Å². The molecule has 0 radical (unpaired) electrons. The number of nitriles is 1. The number of rotatable bonds is 3. The summed E-state index contributed by atoms with van der Waals surface area (Å²) in [6, 6.07) is 11.3. The van der Waals surface area contributed by atoms with Gasteiger partial charge in [-0.3, -0.25) is 4.98 Å². The van der Waals surface area contributed by atoms with Crippen molar-refractivity contribution in [2.45, 2.75) is 6.61 Å². The molecule has 0 saturated heterocycles. The first-order chi connectivity index (χ1) is 8.28. The van der Waals surface area contributed by atoms with Gasteiger partial charge in [0.25, 0.3) is 0 Å². The number of benzene rings is 1. The number of halogens is 1. The lowest BCUT2D eigenvalue weighted by Gasteiger charge is -2.06. The predicted octanol–water partition coefficient (Wildman–Crippen LogP) is 3.29. The molecule has 4 heteroatoms. The lowest BCUT2D eigenvalue weighted by Crippen LogP contribution is -1.96. The number of nitrogens with zero attached hydrogens (tertiary/aromatic N) is 2. The SMILES string of the molecule is N#Cc1cccc(COc2cncc(Br)c2)c1. The molecule has 0 spiro atoms. The highest BCUT2D eigenvalue weighted by Crippen LogP contribution is 2.17. The van der Waals surface area contributed by atoms with Gasteiger partial charge in [0.1, 0.15) is 12.4 Å². The van der Waals surface area contributed by atoms with Gasteiger partial charge in [-0.05, 0) is 39.7 Å². The molecule has 1 aromatic carbocycles. The molecule has 0 N–H and O–H groups in total. The molecule has 0 fully saturated rings. The van der Waals surface area contributed by atoms with Gasteiger partial charge in [0, 0.05) is 10.7 Å². The van der Waals surface area contributed by atoms with Crippen LogP contribution in [-0.4, -0.2) is 4.98 Å². The zero-order chi connectivity index (χ0) is 12.1. The second-order valence-electron chi connectivity index (χ2n) is 3.44. The third-order valence-corrected chi connectivity index (χ3v) is 2.58. The molecular formula is C13H9BrN2O. The Balaban J connectivity index is 2.05. The van der Waals surface area contributed by atoms with E-state index < -0.39 is 0 Å². The lowest BCUT2D eigenvalue weighted by atomic mass is 10.1. The molecule has 0 unspecified atom stereocenters. The van der Waals surface area contributed by atoms with Crippen molar-refractivity contribution >= 4 is 15.9 Å². The van der Waals surface area contributed by atoms with E-state index in [1.54, 1.807) is 18.5 Å². The van der Waals surface area contributed by atoms with Crippen LogP contribution in [0.2, 0.25) is 0 Å². The molecule has 17 heavy (non-hydrogen) atoms. The summed E-state index contributed by atoms with van der Waals surface area (Å²) < 4.78 is 6.45. The normalized spacial score (nSPS) is 9.65. The first-order valence-electron chi connectivity index (χ1n) is 5.00. The monoisotopic (exact) mass is 288 g/mol. The Kier molecular flexibility index (Phi) is 3.73. The van der Waals surface area contributed by atoms with Gasteiger partial charge in [0.2, 0.25) is 0 Å². The number of ether oxygens (including phenoxy) is 1. The maximum atomic E-state index is 8.78. The van der Waals surface area contributed by atoms with Crippen LogP contribution in [0.3, 0.4) is 0 Å². The van der Waals surface area contributed by atoms with Crippen LogP contribution in [0.4, 0.5) is 0 Å². The summed E-state index contributed by atoms with van der Waals surface area (Å²) in [7, 11) is 0.